The van der Waals surface area contributed by atoms with Crippen LogP contribution in [0.5, 0.6) is 0 Å². The molecule has 1 aliphatic rings. The lowest BCUT2D eigenvalue weighted by Gasteiger charge is -2.22. The van der Waals surface area contributed by atoms with E-state index in [1.54, 1.807) is 0 Å². The number of allylic oxidation sites excluding steroid dienone is 2. The Morgan fingerprint density at radius 1 is 1.70 bits per heavy atom. The Hall–Kier alpha value is -0.760. The van der Waals surface area contributed by atoms with Crippen LogP contribution in [0.3, 0.4) is 0 Å². The number of hydrogen-bond acceptors (Lipinski definition) is 2. The predicted molar refractivity (Wildman–Crippen MR) is 43.5 cm³/mol. The summed E-state index contributed by atoms with van der Waals surface area (Å²) in [5.74, 6) is 0. The molecule has 0 aromatic rings. The Balaban J connectivity index is 2.52. The third kappa shape index (κ3) is 1.61. The number of likely N-dealkylation sites (N-methyl/N-ethyl adjacent to an activating group) is 1. The highest BCUT2D eigenvalue weighted by atomic mass is 15.1. The molecule has 0 unspecified atom stereocenters. The van der Waals surface area contributed by atoms with Crippen LogP contribution in [0.15, 0.2) is 23.9 Å². The predicted octanol–water partition coefficient (Wildman–Crippen LogP) is 0.721. The first-order valence-electron chi connectivity index (χ1n) is 3.61. The molecular weight excluding hydrogens is 124 g/mol. The van der Waals surface area contributed by atoms with E-state index in [9.17, 15) is 0 Å². The van der Waals surface area contributed by atoms with Gasteiger partial charge in [0.15, 0.2) is 0 Å². The first-order valence-corrected chi connectivity index (χ1v) is 3.61. The van der Waals surface area contributed by atoms with Gasteiger partial charge in [-0.2, -0.15) is 0 Å². The second-order valence-electron chi connectivity index (χ2n) is 2.51. The minimum atomic E-state index is 0.740. The number of rotatable bonds is 2. The third-order valence-corrected chi connectivity index (χ3v) is 1.69. The number of nitrogens with zero attached hydrogens (tertiary/aromatic N) is 1. The molecule has 2 nitrogen and oxygen atoms in total. The van der Waals surface area contributed by atoms with E-state index >= 15 is 0 Å². The van der Waals surface area contributed by atoms with Crippen molar-refractivity contribution in [1.82, 2.24) is 4.90 Å². The average Bonchev–Trinajstić information content (AvgIpc) is 1.94. The van der Waals surface area contributed by atoms with Crippen molar-refractivity contribution in [2.24, 2.45) is 5.73 Å². The molecule has 0 fully saturated rings. The lowest BCUT2D eigenvalue weighted by molar-refractivity contribution is 0.440. The molecule has 1 rings (SSSR count). The summed E-state index contributed by atoms with van der Waals surface area (Å²) in [6.45, 7) is 1.76. The Labute approximate surface area is 62.0 Å². The zero-order valence-corrected chi connectivity index (χ0v) is 6.38. The maximum Gasteiger partial charge on any atom is 0.0356 e. The van der Waals surface area contributed by atoms with E-state index in [1.165, 1.54) is 5.70 Å². The van der Waals surface area contributed by atoms with Gasteiger partial charge in [-0.05, 0) is 19.0 Å². The fourth-order valence-corrected chi connectivity index (χ4v) is 1.06. The molecule has 0 amide bonds. The van der Waals surface area contributed by atoms with E-state index in [-0.39, 0.29) is 0 Å². The van der Waals surface area contributed by atoms with Crippen molar-refractivity contribution in [3.63, 3.8) is 0 Å². The van der Waals surface area contributed by atoms with Crippen molar-refractivity contribution in [1.29, 1.82) is 0 Å². The molecule has 0 aliphatic carbocycles. The van der Waals surface area contributed by atoms with Crippen molar-refractivity contribution >= 4 is 0 Å². The van der Waals surface area contributed by atoms with Gasteiger partial charge in [0.05, 0.1) is 0 Å². The van der Waals surface area contributed by atoms with Crippen LogP contribution in [0.4, 0.5) is 0 Å². The van der Waals surface area contributed by atoms with Crippen molar-refractivity contribution in [2.45, 2.75) is 6.42 Å². The van der Waals surface area contributed by atoms with E-state index in [0.717, 1.165) is 19.5 Å². The number of nitrogens with two attached hydrogens (primary N) is 1. The van der Waals surface area contributed by atoms with Gasteiger partial charge < -0.3 is 10.6 Å². The monoisotopic (exact) mass is 138 g/mol. The Morgan fingerprint density at radius 3 is 3.10 bits per heavy atom. The maximum atomic E-state index is 5.43. The fraction of sp³-hybridized carbons (Fsp3) is 0.500. The highest BCUT2D eigenvalue weighted by Crippen LogP contribution is 2.09. The summed E-state index contributed by atoms with van der Waals surface area (Å²) in [6.07, 6.45) is 7.34. The minimum absolute atomic E-state index is 0.740. The van der Waals surface area contributed by atoms with Crippen LogP contribution in [-0.2, 0) is 0 Å². The summed E-state index contributed by atoms with van der Waals surface area (Å²) in [7, 11) is 2.09. The summed E-state index contributed by atoms with van der Waals surface area (Å²) in [5, 5.41) is 0. The molecule has 0 saturated carbocycles. The van der Waals surface area contributed by atoms with Crippen LogP contribution in [0.1, 0.15) is 6.42 Å². The van der Waals surface area contributed by atoms with Crippen molar-refractivity contribution < 1.29 is 0 Å². The van der Waals surface area contributed by atoms with Crippen LogP contribution in [0.25, 0.3) is 0 Å². The Morgan fingerprint density at radius 2 is 2.50 bits per heavy atom. The van der Waals surface area contributed by atoms with E-state index in [0.29, 0.717) is 0 Å². The molecule has 0 aromatic carbocycles. The topological polar surface area (TPSA) is 29.3 Å². The lowest BCUT2D eigenvalue weighted by atomic mass is 10.2. The molecule has 0 bridgehead atoms. The molecule has 0 spiro atoms. The van der Waals surface area contributed by atoms with Crippen LogP contribution >= 0.6 is 0 Å². The van der Waals surface area contributed by atoms with Gasteiger partial charge in [-0.3, -0.25) is 0 Å². The minimum Gasteiger partial charge on any atom is -0.374 e. The quantitative estimate of drug-likeness (QED) is 0.609. The molecule has 2 heteroatoms. The summed E-state index contributed by atoms with van der Waals surface area (Å²) >= 11 is 0. The largest absolute Gasteiger partial charge is 0.374 e. The van der Waals surface area contributed by atoms with E-state index in [4.69, 9.17) is 5.73 Å². The smallest absolute Gasteiger partial charge is 0.0356 e. The van der Waals surface area contributed by atoms with E-state index in [1.807, 2.05) is 0 Å². The molecule has 0 aromatic heterocycles. The maximum absolute atomic E-state index is 5.43. The Kier molecular flexibility index (Phi) is 2.51. The normalized spacial score (nSPS) is 17.4. The van der Waals surface area contributed by atoms with E-state index in [2.05, 4.69) is 30.2 Å². The first kappa shape index (κ1) is 7.35. The van der Waals surface area contributed by atoms with Crippen LogP contribution in [-0.4, -0.2) is 25.0 Å². The molecule has 2 N–H and O–H groups in total. The highest BCUT2D eigenvalue weighted by molar-refractivity contribution is 5.17. The van der Waals surface area contributed by atoms with Crippen molar-refractivity contribution in [3.05, 3.63) is 23.9 Å². The summed E-state index contributed by atoms with van der Waals surface area (Å²) in [6, 6.07) is 0. The molecule has 1 aliphatic heterocycles. The van der Waals surface area contributed by atoms with Crippen molar-refractivity contribution in [2.75, 3.05) is 20.1 Å². The average molecular weight is 138 g/mol. The van der Waals surface area contributed by atoms with Crippen molar-refractivity contribution in [3.8, 4) is 0 Å². The standard InChI is InChI=1S/C8H14N2/c1-10-7-3-2-4-8(10)5-6-9/h2-4H,5-7,9H2,1H3. The van der Waals surface area contributed by atoms with Gasteiger partial charge >= 0.3 is 0 Å². The molecule has 0 saturated heterocycles. The SMILES string of the molecule is CN1CC=CC=C1CCN. The van der Waals surface area contributed by atoms with Gasteiger partial charge in [0, 0.05) is 19.3 Å². The second-order valence-corrected chi connectivity index (χ2v) is 2.51. The van der Waals surface area contributed by atoms with E-state index < -0.39 is 0 Å². The second kappa shape index (κ2) is 3.42. The molecule has 0 atom stereocenters. The first-order chi connectivity index (χ1) is 4.84. The van der Waals surface area contributed by atoms with Crippen LogP contribution < -0.4 is 5.73 Å². The Bertz CT molecular complexity index is 159. The van der Waals surface area contributed by atoms with Gasteiger partial charge in [-0.25, -0.2) is 0 Å². The van der Waals surface area contributed by atoms with Gasteiger partial charge in [-0.1, -0.05) is 12.2 Å². The van der Waals surface area contributed by atoms with Gasteiger partial charge in [0.2, 0.25) is 0 Å². The lowest BCUT2D eigenvalue weighted by Crippen LogP contribution is -2.21. The highest BCUT2D eigenvalue weighted by Gasteiger charge is 2.02. The molecule has 1 heterocycles. The zero-order valence-electron chi connectivity index (χ0n) is 6.38. The summed E-state index contributed by atoms with van der Waals surface area (Å²) in [5.41, 5.74) is 6.77. The molecule has 56 valence electrons. The summed E-state index contributed by atoms with van der Waals surface area (Å²) in [4.78, 5) is 2.22. The molecule has 10 heavy (non-hydrogen) atoms. The number of hydrogen-bond donors (Lipinski definition) is 1. The van der Waals surface area contributed by atoms with Gasteiger partial charge in [0.25, 0.3) is 0 Å². The van der Waals surface area contributed by atoms with Gasteiger partial charge in [-0.15, -0.1) is 0 Å². The third-order valence-electron chi connectivity index (χ3n) is 1.69. The molecular formula is C8H14N2. The van der Waals surface area contributed by atoms with Crippen LogP contribution in [0.2, 0.25) is 0 Å². The van der Waals surface area contributed by atoms with Crippen LogP contribution in [0, 0.1) is 0 Å². The fourth-order valence-electron chi connectivity index (χ4n) is 1.06. The van der Waals surface area contributed by atoms with Gasteiger partial charge in [0.1, 0.15) is 0 Å². The zero-order chi connectivity index (χ0) is 7.40. The molecule has 0 radical (unpaired) electrons. The summed E-state index contributed by atoms with van der Waals surface area (Å²) < 4.78 is 0.